The highest BCUT2D eigenvalue weighted by atomic mass is 14.7. The first-order chi connectivity index (χ1) is 5.79. The van der Waals surface area contributed by atoms with Crippen LogP contribution >= 0.6 is 0 Å². The Morgan fingerprint density at radius 1 is 1.33 bits per heavy atom. The molecular formula is C11H23N. The lowest BCUT2D eigenvalue weighted by molar-refractivity contribution is 0.484. The van der Waals surface area contributed by atoms with Gasteiger partial charge >= 0.3 is 0 Å². The number of hydrogen-bond donors (Lipinski definition) is 1. The zero-order valence-corrected chi connectivity index (χ0v) is 8.55. The van der Waals surface area contributed by atoms with E-state index >= 15 is 0 Å². The van der Waals surface area contributed by atoms with Crippen LogP contribution in [0, 0.1) is 11.8 Å². The Morgan fingerprint density at radius 3 is 2.67 bits per heavy atom. The summed E-state index contributed by atoms with van der Waals surface area (Å²) in [6.45, 7) is 4.51. The normalized spacial score (nSPS) is 30.2. The molecule has 0 bridgehead atoms. The fourth-order valence-corrected chi connectivity index (χ4v) is 2.15. The van der Waals surface area contributed by atoms with Crippen LogP contribution < -0.4 is 5.73 Å². The minimum Gasteiger partial charge on any atom is -0.327 e. The first kappa shape index (κ1) is 10.0. The molecule has 0 aromatic rings. The lowest BCUT2D eigenvalue weighted by Crippen LogP contribution is -2.23. The first-order valence-electron chi connectivity index (χ1n) is 5.55. The van der Waals surface area contributed by atoms with Crippen LogP contribution in [0.3, 0.4) is 0 Å². The molecule has 1 fully saturated rings. The second kappa shape index (κ2) is 4.86. The smallest absolute Gasteiger partial charge is 0.00699 e. The number of nitrogens with two attached hydrogens (primary N) is 1. The van der Waals surface area contributed by atoms with Crippen molar-refractivity contribution in [3.05, 3.63) is 0 Å². The van der Waals surface area contributed by atoms with Gasteiger partial charge in [0.1, 0.15) is 0 Å². The van der Waals surface area contributed by atoms with Crippen molar-refractivity contribution in [2.45, 2.75) is 58.4 Å². The largest absolute Gasteiger partial charge is 0.327 e. The average molecular weight is 169 g/mol. The molecule has 3 unspecified atom stereocenters. The summed E-state index contributed by atoms with van der Waals surface area (Å²) in [6, 6.07) is 0.515. The minimum atomic E-state index is 0.515. The van der Waals surface area contributed by atoms with E-state index < -0.39 is 0 Å². The van der Waals surface area contributed by atoms with E-state index in [2.05, 4.69) is 13.8 Å². The van der Waals surface area contributed by atoms with Crippen LogP contribution in [-0.4, -0.2) is 6.04 Å². The van der Waals surface area contributed by atoms with Crippen molar-refractivity contribution in [3.63, 3.8) is 0 Å². The first-order valence-corrected chi connectivity index (χ1v) is 5.55. The summed E-state index contributed by atoms with van der Waals surface area (Å²) < 4.78 is 0. The van der Waals surface area contributed by atoms with E-state index in [1.54, 1.807) is 0 Å². The zero-order chi connectivity index (χ0) is 8.97. The molecule has 12 heavy (non-hydrogen) atoms. The molecule has 1 aliphatic carbocycles. The SMILES string of the molecule is CCCCC(N)C1CC1CCC. The van der Waals surface area contributed by atoms with Crippen LogP contribution in [0.2, 0.25) is 0 Å². The Bertz CT molecular complexity index is 122. The van der Waals surface area contributed by atoms with E-state index in [1.807, 2.05) is 0 Å². The number of rotatable bonds is 6. The van der Waals surface area contributed by atoms with Crippen LogP contribution in [0.4, 0.5) is 0 Å². The number of hydrogen-bond acceptors (Lipinski definition) is 1. The third kappa shape index (κ3) is 2.78. The van der Waals surface area contributed by atoms with Gasteiger partial charge in [0.2, 0.25) is 0 Å². The highest BCUT2D eigenvalue weighted by Gasteiger charge is 2.39. The predicted octanol–water partition coefficient (Wildman–Crippen LogP) is 2.94. The van der Waals surface area contributed by atoms with Crippen LogP contribution in [0.15, 0.2) is 0 Å². The van der Waals surface area contributed by atoms with E-state index in [9.17, 15) is 0 Å². The van der Waals surface area contributed by atoms with Gasteiger partial charge in [0.15, 0.2) is 0 Å². The van der Waals surface area contributed by atoms with Crippen molar-refractivity contribution in [1.82, 2.24) is 0 Å². The fraction of sp³-hybridized carbons (Fsp3) is 1.00. The molecule has 0 saturated heterocycles. The third-order valence-electron chi connectivity index (χ3n) is 3.08. The average Bonchev–Trinajstić information content (AvgIpc) is 2.80. The zero-order valence-electron chi connectivity index (χ0n) is 8.55. The highest BCUT2D eigenvalue weighted by Crippen LogP contribution is 2.44. The maximum atomic E-state index is 6.09. The molecule has 0 amide bonds. The molecule has 2 N–H and O–H groups in total. The molecule has 0 heterocycles. The molecule has 0 aromatic heterocycles. The Morgan fingerprint density at radius 2 is 2.08 bits per heavy atom. The summed E-state index contributed by atoms with van der Waals surface area (Å²) in [5, 5.41) is 0. The topological polar surface area (TPSA) is 26.0 Å². The van der Waals surface area contributed by atoms with Crippen LogP contribution in [0.1, 0.15) is 52.4 Å². The van der Waals surface area contributed by atoms with Crippen molar-refractivity contribution >= 4 is 0 Å². The lowest BCUT2D eigenvalue weighted by Gasteiger charge is -2.09. The van der Waals surface area contributed by atoms with Crippen molar-refractivity contribution in [2.75, 3.05) is 0 Å². The molecule has 3 atom stereocenters. The van der Waals surface area contributed by atoms with Gasteiger partial charge in [-0.3, -0.25) is 0 Å². The Kier molecular flexibility index (Phi) is 4.07. The monoisotopic (exact) mass is 169 g/mol. The summed E-state index contributed by atoms with van der Waals surface area (Å²) in [4.78, 5) is 0. The molecule has 1 aliphatic rings. The molecule has 0 aromatic carbocycles. The second-order valence-electron chi connectivity index (χ2n) is 4.25. The summed E-state index contributed by atoms with van der Waals surface area (Å²) in [5.41, 5.74) is 6.09. The van der Waals surface area contributed by atoms with E-state index in [4.69, 9.17) is 5.73 Å². The summed E-state index contributed by atoms with van der Waals surface area (Å²) >= 11 is 0. The Balaban J connectivity index is 2.06. The van der Waals surface area contributed by atoms with Crippen molar-refractivity contribution in [1.29, 1.82) is 0 Å². The van der Waals surface area contributed by atoms with E-state index in [0.717, 1.165) is 11.8 Å². The van der Waals surface area contributed by atoms with E-state index in [-0.39, 0.29) is 0 Å². The van der Waals surface area contributed by atoms with Gasteiger partial charge in [-0.05, 0) is 24.7 Å². The minimum absolute atomic E-state index is 0.515. The molecule has 1 nitrogen and oxygen atoms in total. The van der Waals surface area contributed by atoms with Gasteiger partial charge in [-0.2, -0.15) is 0 Å². The van der Waals surface area contributed by atoms with Crippen molar-refractivity contribution in [2.24, 2.45) is 17.6 Å². The second-order valence-corrected chi connectivity index (χ2v) is 4.25. The van der Waals surface area contributed by atoms with Gasteiger partial charge in [-0.15, -0.1) is 0 Å². The predicted molar refractivity (Wildman–Crippen MR) is 54.0 cm³/mol. The van der Waals surface area contributed by atoms with Gasteiger partial charge in [0, 0.05) is 6.04 Å². The summed E-state index contributed by atoms with van der Waals surface area (Å²) in [6.07, 6.45) is 8.02. The fourth-order valence-electron chi connectivity index (χ4n) is 2.15. The maximum absolute atomic E-state index is 6.09. The quantitative estimate of drug-likeness (QED) is 0.650. The van der Waals surface area contributed by atoms with Gasteiger partial charge in [0.05, 0.1) is 0 Å². The van der Waals surface area contributed by atoms with Gasteiger partial charge in [0.25, 0.3) is 0 Å². The van der Waals surface area contributed by atoms with Crippen LogP contribution in [0.5, 0.6) is 0 Å². The Hall–Kier alpha value is -0.0400. The van der Waals surface area contributed by atoms with Crippen molar-refractivity contribution in [3.8, 4) is 0 Å². The summed E-state index contributed by atoms with van der Waals surface area (Å²) in [7, 11) is 0. The van der Waals surface area contributed by atoms with Gasteiger partial charge in [-0.1, -0.05) is 39.5 Å². The van der Waals surface area contributed by atoms with Gasteiger partial charge in [-0.25, -0.2) is 0 Å². The van der Waals surface area contributed by atoms with Crippen LogP contribution in [0.25, 0.3) is 0 Å². The van der Waals surface area contributed by atoms with E-state index in [1.165, 1.54) is 38.5 Å². The molecule has 1 rings (SSSR count). The molecule has 0 spiro atoms. The number of unbranched alkanes of at least 4 members (excludes halogenated alkanes) is 1. The highest BCUT2D eigenvalue weighted by molar-refractivity contribution is 4.92. The molecule has 1 saturated carbocycles. The standard InChI is InChI=1S/C11H23N/c1-3-5-7-11(12)10-8-9(10)6-4-2/h9-11H,3-8,12H2,1-2H3. The molecule has 1 heteroatoms. The third-order valence-corrected chi connectivity index (χ3v) is 3.08. The maximum Gasteiger partial charge on any atom is 0.00699 e. The summed E-state index contributed by atoms with van der Waals surface area (Å²) in [5.74, 6) is 1.87. The van der Waals surface area contributed by atoms with Crippen molar-refractivity contribution < 1.29 is 0 Å². The molecule has 0 radical (unpaired) electrons. The molecular weight excluding hydrogens is 146 g/mol. The Labute approximate surface area is 76.7 Å². The van der Waals surface area contributed by atoms with E-state index in [0.29, 0.717) is 6.04 Å². The van der Waals surface area contributed by atoms with Gasteiger partial charge < -0.3 is 5.73 Å². The van der Waals surface area contributed by atoms with Crippen LogP contribution in [-0.2, 0) is 0 Å². The molecule has 0 aliphatic heterocycles. The lowest BCUT2D eigenvalue weighted by atomic mass is 10.0. The molecule has 72 valence electrons.